The summed E-state index contributed by atoms with van der Waals surface area (Å²) in [5.74, 6) is -0.604. The molecule has 59 heavy (non-hydrogen) atoms. The van der Waals surface area contributed by atoms with Crippen LogP contribution in [0, 0.1) is 0 Å². The van der Waals surface area contributed by atoms with Gasteiger partial charge in [0.2, 0.25) is 11.8 Å². The first kappa shape index (κ1) is 38.7. The van der Waals surface area contributed by atoms with E-state index in [4.69, 9.17) is 0 Å². The number of phenolic OH excluding ortho intramolecular Hbond substituents is 1. The standard InChI is InChI=1S/C47H45N7O5/c1-3-25-52-31-43(56)53-41(26-32-17-23-38(55)24-18-32)46(58)51(30-42(53)54(52)47(59)48-27-33-11-6-4-7-12-33)28-36-13-10-16-39-40(29-50(2)44(36)39)34-19-21-35(22-20-34)45(57)49-37-14-8-5-9-15-37/h3-24,29,41-42,55H,1,25-28,30-31H2,2H3,(H,48,59)(H,49,57)/t41-,42-/m0/s1. The van der Waals surface area contributed by atoms with E-state index in [9.17, 15) is 24.3 Å². The summed E-state index contributed by atoms with van der Waals surface area (Å²) in [5.41, 5.74) is 6.68. The Balaban J connectivity index is 1.11. The zero-order valence-corrected chi connectivity index (χ0v) is 32.7. The van der Waals surface area contributed by atoms with Gasteiger partial charge in [-0.1, -0.05) is 97.1 Å². The minimum Gasteiger partial charge on any atom is -0.508 e. The molecule has 2 aliphatic heterocycles. The molecule has 5 amide bonds. The predicted molar refractivity (Wildman–Crippen MR) is 227 cm³/mol. The van der Waals surface area contributed by atoms with Gasteiger partial charge in [-0.15, -0.1) is 6.58 Å². The highest BCUT2D eigenvalue weighted by atomic mass is 16.3. The second kappa shape index (κ2) is 16.7. The second-order valence-corrected chi connectivity index (χ2v) is 14.9. The monoisotopic (exact) mass is 787 g/mol. The molecule has 8 rings (SSSR count). The molecule has 3 N–H and O–H groups in total. The molecule has 2 atom stereocenters. The fraction of sp³-hybridized carbons (Fsp3) is 0.191. The molecule has 0 unspecified atom stereocenters. The number of hydrazine groups is 1. The topological polar surface area (TPSA) is 130 Å². The van der Waals surface area contributed by atoms with Crippen LogP contribution in [0.5, 0.6) is 5.75 Å². The van der Waals surface area contributed by atoms with E-state index in [2.05, 4.69) is 17.2 Å². The van der Waals surface area contributed by atoms with E-state index < -0.39 is 18.2 Å². The highest BCUT2D eigenvalue weighted by Crippen LogP contribution is 2.35. The number of urea groups is 1. The fourth-order valence-corrected chi connectivity index (χ4v) is 8.20. The maximum absolute atomic E-state index is 14.7. The molecule has 6 aromatic rings. The first-order valence-electron chi connectivity index (χ1n) is 19.6. The summed E-state index contributed by atoms with van der Waals surface area (Å²) in [4.78, 5) is 59.3. The minimum atomic E-state index is -0.915. The van der Waals surface area contributed by atoms with E-state index in [0.717, 1.165) is 44.4 Å². The van der Waals surface area contributed by atoms with Crippen LogP contribution in [0.15, 0.2) is 146 Å². The largest absolute Gasteiger partial charge is 0.508 e. The highest BCUT2D eigenvalue weighted by Gasteiger charge is 2.51. The third-order valence-corrected chi connectivity index (χ3v) is 11.0. The van der Waals surface area contributed by atoms with Crippen molar-refractivity contribution in [1.82, 2.24) is 29.7 Å². The van der Waals surface area contributed by atoms with E-state index in [1.807, 2.05) is 121 Å². The van der Waals surface area contributed by atoms with E-state index in [1.54, 1.807) is 50.2 Å². The molecule has 0 spiro atoms. The second-order valence-electron chi connectivity index (χ2n) is 14.9. The Morgan fingerprint density at radius 3 is 2.27 bits per heavy atom. The van der Waals surface area contributed by atoms with Crippen LogP contribution in [-0.2, 0) is 36.1 Å². The van der Waals surface area contributed by atoms with Crippen LogP contribution in [0.25, 0.3) is 22.0 Å². The number of benzene rings is 5. The van der Waals surface area contributed by atoms with Crippen molar-refractivity contribution < 1.29 is 24.3 Å². The number of rotatable bonds is 11. The number of carbonyl (C=O) groups excluding carboxylic acids is 4. The van der Waals surface area contributed by atoms with Crippen molar-refractivity contribution in [1.29, 1.82) is 0 Å². The van der Waals surface area contributed by atoms with Crippen molar-refractivity contribution in [3.63, 3.8) is 0 Å². The van der Waals surface area contributed by atoms with Gasteiger partial charge in [0.05, 0.1) is 18.6 Å². The number of aromatic nitrogens is 1. The summed E-state index contributed by atoms with van der Waals surface area (Å²) < 4.78 is 2.05. The number of amides is 5. The molecule has 0 bridgehead atoms. The van der Waals surface area contributed by atoms with Crippen molar-refractivity contribution >= 4 is 40.3 Å². The molecular formula is C47H45N7O5. The summed E-state index contributed by atoms with van der Waals surface area (Å²) in [7, 11) is 1.97. The zero-order valence-electron chi connectivity index (χ0n) is 32.7. The summed E-state index contributed by atoms with van der Waals surface area (Å²) in [6.07, 6.45) is 3.08. The van der Waals surface area contributed by atoms with Gasteiger partial charge >= 0.3 is 6.03 Å². The smallest absolute Gasteiger partial charge is 0.334 e. The fourth-order valence-electron chi connectivity index (χ4n) is 8.20. The van der Waals surface area contributed by atoms with Crippen LogP contribution < -0.4 is 10.6 Å². The number of para-hydroxylation sites is 2. The molecule has 2 aliphatic rings. The summed E-state index contributed by atoms with van der Waals surface area (Å²) in [5, 5.41) is 20.2. The Kier molecular flexibility index (Phi) is 11.0. The lowest BCUT2D eigenvalue weighted by atomic mass is 9.97. The van der Waals surface area contributed by atoms with Gasteiger partial charge in [0, 0.05) is 61.5 Å². The number of hydrogen-bond donors (Lipinski definition) is 3. The van der Waals surface area contributed by atoms with Crippen molar-refractivity contribution in [2.24, 2.45) is 7.05 Å². The zero-order chi connectivity index (χ0) is 41.0. The predicted octanol–water partition coefficient (Wildman–Crippen LogP) is 6.54. The Labute approximate surface area is 342 Å². The van der Waals surface area contributed by atoms with Crippen molar-refractivity contribution in [2.45, 2.75) is 31.7 Å². The number of aromatic hydroxyl groups is 1. The van der Waals surface area contributed by atoms with Crippen LogP contribution in [0.2, 0.25) is 0 Å². The van der Waals surface area contributed by atoms with Gasteiger partial charge in [-0.2, -0.15) is 0 Å². The average molecular weight is 788 g/mol. The molecular weight excluding hydrogens is 743 g/mol. The molecule has 5 aromatic carbocycles. The van der Waals surface area contributed by atoms with Gasteiger partial charge in [-0.25, -0.2) is 14.8 Å². The summed E-state index contributed by atoms with van der Waals surface area (Å²) in [6.45, 7) is 4.60. The van der Waals surface area contributed by atoms with E-state index in [0.29, 0.717) is 5.56 Å². The Bertz CT molecular complexity index is 2500. The number of hydrogen-bond acceptors (Lipinski definition) is 6. The first-order valence-corrected chi connectivity index (χ1v) is 19.6. The molecule has 1 aromatic heterocycles. The normalized spacial score (nSPS) is 16.9. The third-order valence-electron chi connectivity index (χ3n) is 11.0. The molecule has 0 saturated carbocycles. The SMILES string of the molecule is C=CCN1CC(=O)N2[C@@H](Cc3ccc(O)cc3)C(=O)N(Cc3cccc4c(-c5ccc(C(=O)Nc6ccccc6)cc5)cn(C)c34)C[C@@H]2N1C(=O)NCc1ccccc1. The maximum Gasteiger partial charge on any atom is 0.334 e. The van der Waals surface area contributed by atoms with Crippen LogP contribution in [-0.4, -0.2) is 85.1 Å². The van der Waals surface area contributed by atoms with Crippen molar-refractivity contribution in [3.05, 3.63) is 168 Å². The number of carbonyl (C=O) groups is 4. The lowest BCUT2D eigenvalue weighted by molar-refractivity contribution is -0.189. The van der Waals surface area contributed by atoms with Crippen LogP contribution >= 0.6 is 0 Å². The molecule has 298 valence electrons. The van der Waals surface area contributed by atoms with Gasteiger partial charge in [-0.05, 0) is 58.7 Å². The molecule has 0 aliphatic carbocycles. The molecule has 0 radical (unpaired) electrons. The Morgan fingerprint density at radius 2 is 1.56 bits per heavy atom. The van der Waals surface area contributed by atoms with Gasteiger partial charge in [-0.3, -0.25) is 14.4 Å². The number of fused-ring (bicyclic) bond motifs is 2. The number of aryl methyl sites for hydroxylation is 1. The number of piperazine rings is 1. The van der Waals surface area contributed by atoms with E-state index in [-0.39, 0.29) is 62.6 Å². The van der Waals surface area contributed by atoms with Gasteiger partial charge in [0.15, 0.2) is 0 Å². The highest BCUT2D eigenvalue weighted by molar-refractivity contribution is 6.05. The number of nitrogens with zero attached hydrogens (tertiary/aromatic N) is 5. The van der Waals surface area contributed by atoms with Crippen molar-refractivity contribution in [2.75, 3.05) is 25.0 Å². The lowest BCUT2D eigenvalue weighted by Crippen LogP contribution is -2.76. The van der Waals surface area contributed by atoms with Gasteiger partial charge < -0.3 is 30.1 Å². The Morgan fingerprint density at radius 1 is 0.847 bits per heavy atom. The summed E-state index contributed by atoms with van der Waals surface area (Å²) >= 11 is 0. The van der Waals surface area contributed by atoms with E-state index >= 15 is 0 Å². The number of nitrogens with one attached hydrogen (secondary N) is 2. The number of phenols is 1. The first-order chi connectivity index (χ1) is 28.7. The van der Waals surface area contributed by atoms with Crippen LogP contribution in [0.4, 0.5) is 10.5 Å². The van der Waals surface area contributed by atoms with Crippen LogP contribution in [0.1, 0.15) is 27.0 Å². The Hall–Kier alpha value is -7.18. The number of anilines is 1. The molecule has 2 fully saturated rings. The minimum absolute atomic E-state index is 0.0726. The maximum atomic E-state index is 14.7. The van der Waals surface area contributed by atoms with Crippen LogP contribution in [0.3, 0.4) is 0 Å². The van der Waals surface area contributed by atoms with E-state index in [1.165, 1.54) is 0 Å². The van der Waals surface area contributed by atoms with Gasteiger partial charge in [0.1, 0.15) is 18.0 Å². The molecule has 2 saturated heterocycles. The molecule has 3 heterocycles. The molecule has 12 heteroatoms. The average Bonchev–Trinajstić information content (AvgIpc) is 3.59. The molecule has 12 nitrogen and oxygen atoms in total. The third kappa shape index (κ3) is 8.03. The lowest BCUT2D eigenvalue weighted by Gasteiger charge is -2.55. The van der Waals surface area contributed by atoms with Crippen molar-refractivity contribution in [3.8, 4) is 16.9 Å². The summed E-state index contributed by atoms with van der Waals surface area (Å²) in [6, 6.07) is 37.7. The van der Waals surface area contributed by atoms with Gasteiger partial charge in [0.25, 0.3) is 5.91 Å². The quantitative estimate of drug-likeness (QED) is 0.128.